The molecule has 0 radical (unpaired) electrons. The molecule has 3 rings (SSSR count). The molecule has 25 heavy (non-hydrogen) atoms. The number of rotatable bonds is 6. The Labute approximate surface area is 150 Å². The largest absolute Gasteiger partial charge is 0.391 e. The Balaban J connectivity index is 1.55. The van der Waals surface area contributed by atoms with E-state index in [0.717, 1.165) is 0 Å². The molecule has 136 valence electrons. The van der Waals surface area contributed by atoms with Crippen LogP contribution in [0.15, 0.2) is 23.0 Å². The zero-order chi connectivity index (χ0) is 18.0. The van der Waals surface area contributed by atoms with Gasteiger partial charge < -0.3 is 19.8 Å². The minimum atomic E-state index is -0.590. The monoisotopic (exact) mass is 367 g/mol. The van der Waals surface area contributed by atoms with Crippen LogP contribution < -0.4 is 5.32 Å². The van der Waals surface area contributed by atoms with Crippen LogP contribution in [0.1, 0.15) is 29.1 Å². The van der Waals surface area contributed by atoms with Gasteiger partial charge in [0.2, 0.25) is 0 Å². The number of aromatic nitrogens is 3. The van der Waals surface area contributed by atoms with E-state index in [-0.39, 0.29) is 23.6 Å². The summed E-state index contributed by atoms with van der Waals surface area (Å²) in [5.41, 5.74) is 0.228. The molecule has 1 aliphatic rings. The van der Waals surface area contributed by atoms with Gasteiger partial charge in [-0.25, -0.2) is 0 Å². The molecule has 2 N–H and O–H groups in total. The molecule has 1 aliphatic carbocycles. The van der Waals surface area contributed by atoms with Crippen molar-refractivity contribution in [2.45, 2.75) is 38.1 Å². The van der Waals surface area contributed by atoms with Crippen LogP contribution in [0.25, 0.3) is 0 Å². The SMILES string of the molecule is CN(C)Cc1cc(C(=O)N[C@@H]2CC(Cn3cc(Cl)cn3)C[C@H]2O)no1. The van der Waals surface area contributed by atoms with Gasteiger partial charge in [-0.15, -0.1) is 0 Å². The number of nitrogens with zero attached hydrogens (tertiary/aromatic N) is 4. The lowest BCUT2D eigenvalue weighted by Crippen LogP contribution is -2.40. The highest BCUT2D eigenvalue weighted by molar-refractivity contribution is 6.30. The third kappa shape index (κ3) is 4.59. The van der Waals surface area contributed by atoms with Crippen molar-refractivity contribution in [3.8, 4) is 0 Å². The molecule has 8 nitrogen and oxygen atoms in total. The molecule has 2 aromatic heterocycles. The number of carbonyl (C=O) groups is 1. The number of hydrogen-bond acceptors (Lipinski definition) is 6. The first-order valence-electron chi connectivity index (χ1n) is 8.18. The minimum absolute atomic E-state index is 0.220. The van der Waals surface area contributed by atoms with E-state index < -0.39 is 6.10 Å². The van der Waals surface area contributed by atoms with Gasteiger partial charge in [0.25, 0.3) is 5.91 Å². The first-order chi connectivity index (χ1) is 11.9. The van der Waals surface area contributed by atoms with E-state index in [1.165, 1.54) is 0 Å². The number of hydrogen-bond donors (Lipinski definition) is 2. The normalized spacial score (nSPS) is 23.3. The smallest absolute Gasteiger partial charge is 0.273 e. The first-order valence-corrected chi connectivity index (χ1v) is 8.55. The molecule has 0 saturated heterocycles. The van der Waals surface area contributed by atoms with Crippen LogP contribution >= 0.6 is 11.6 Å². The summed E-state index contributed by atoms with van der Waals surface area (Å²) in [6, 6.07) is 1.32. The number of aliphatic hydroxyl groups excluding tert-OH is 1. The van der Waals surface area contributed by atoms with Gasteiger partial charge in [0, 0.05) is 18.8 Å². The molecule has 2 aromatic rings. The second-order valence-corrected chi connectivity index (χ2v) is 7.22. The summed E-state index contributed by atoms with van der Waals surface area (Å²) in [6.45, 7) is 1.23. The number of halogens is 1. The standard InChI is InChI=1S/C16H22ClN5O3/c1-21(2)9-12-5-14(20-25-12)16(24)19-13-3-10(4-15(13)23)7-22-8-11(17)6-18-22/h5-6,8,10,13,15,23H,3-4,7,9H2,1-2H3,(H,19,24)/t10?,13-,15-/m1/s1. The van der Waals surface area contributed by atoms with Crippen molar-refractivity contribution in [1.29, 1.82) is 0 Å². The van der Waals surface area contributed by atoms with Crippen molar-refractivity contribution in [3.63, 3.8) is 0 Å². The van der Waals surface area contributed by atoms with E-state index in [1.807, 2.05) is 19.0 Å². The Hall–Kier alpha value is -1.90. The van der Waals surface area contributed by atoms with Crippen molar-refractivity contribution >= 4 is 17.5 Å². The molecule has 3 atom stereocenters. The summed E-state index contributed by atoms with van der Waals surface area (Å²) in [5, 5.41) is 21.6. The van der Waals surface area contributed by atoms with Crippen molar-refractivity contribution < 1.29 is 14.4 Å². The van der Waals surface area contributed by atoms with Gasteiger partial charge in [-0.3, -0.25) is 9.48 Å². The van der Waals surface area contributed by atoms with Gasteiger partial charge >= 0.3 is 0 Å². The summed E-state index contributed by atoms with van der Waals surface area (Å²) in [4.78, 5) is 14.2. The average molecular weight is 368 g/mol. The number of carbonyl (C=O) groups excluding carboxylic acids is 1. The maximum absolute atomic E-state index is 12.3. The summed E-state index contributed by atoms with van der Waals surface area (Å²) in [6.07, 6.45) is 4.02. The molecule has 0 bridgehead atoms. The van der Waals surface area contributed by atoms with E-state index in [2.05, 4.69) is 15.6 Å². The summed E-state index contributed by atoms with van der Waals surface area (Å²) < 4.78 is 6.91. The number of aliphatic hydroxyl groups is 1. The van der Waals surface area contributed by atoms with Crippen LogP contribution in [0.4, 0.5) is 0 Å². The van der Waals surface area contributed by atoms with E-state index >= 15 is 0 Å². The highest BCUT2D eigenvalue weighted by Crippen LogP contribution is 2.28. The lowest BCUT2D eigenvalue weighted by atomic mass is 10.1. The van der Waals surface area contributed by atoms with Crippen LogP contribution in [0.5, 0.6) is 0 Å². The van der Waals surface area contributed by atoms with E-state index in [4.69, 9.17) is 16.1 Å². The molecule has 0 aliphatic heterocycles. The predicted molar refractivity (Wildman–Crippen MR) is 91.1 cm³/mol. The van der Waals surface area contributed by atoms with Crippen LogP contribution in [-0.2, 0) is 13.1 Å². The van der Waals surface area contributed by atoms with E-state index in [1.54, 1.807) is 23.1 Å². The molecule has 1 saturated carbocycles. The molecule has 0 spiro atoms. The van der Waals surface area contributed by atoms with E-state index in [9.17, 15) is 9.90 Å². The number of nitrogens with one attached hydrogen (secondary N) is 1. The van der Waals surface area contributed by atoms with Gasteiger partial charge in [0.05, 0.1) is 29.9 Å². The summed E-state index contributed by atoms with van der Waals surface area (Å²) in [7, 11) is 3.81. The van der Waals surface area contributed by atoms with Crippen molar-refractivity contribution in [3.05, 3.63) is 34.9 Å². The quantitative estimate of drug-likeness (QED) is 0.795. The fourth-order valence-corrected chi connectivity index (χ4v) is 3.33. The average Bonchev–Trinajstić information content (AvgIpc) is 3.22. The zero-order valence-corrected chi connectivity index (χ0v) is 15.0. The third-order valence-corrected chi connectivity index (χ3v) is 4.45. The number of amides is 1. The Morgan fingerprint density at radius 2 is 2.32 bits per heavy atom. The first kappa shape index (κ1) is 17.9. The summed E-state index contributed by atoms with van der Waals surface area (Å²) in [5.74, 6) is 0.508. The maximum Gasteiger partial charge on any atom is 0.273 e. The molecular formula is C16H22ClN5O3. The maximum atomic E-state index is 12.3. The fraction of sp³-hybridized carbons (Fsp3) is 0.562. The summed E-state index contributed by atoms with van der Waals surface area (Å²) >= 11 is 5.86. The van der Waals surface area contributed by atoms with Crippen molar-refractivity contribution in [2.75, 3.05) is 14.1 Å². The lowest BCUT2D eigenvalue weighted by molar-refractivity contribution is 0.0864. The Morgan fingerprint density at radius 3 is 3.00 bits per heavy atom. The highest BCUT2D eigenvalue weighted by Gasteiger charge is 2.34. The second-order valence-electron chi connectivity index (χ2n) is 6.78. The molecule has 1 fully saturated rings. The molecule has 1 unspecified atom stereocenters. The second kappa shape index (κ2) is 7.55. The van der Waals surface area contributed by atoms with Crippen molar-refractivity contribution in [1.82, 2.24) is 25.2 Å². The third-order valence-electron chi connectivity index (χ3n) is 4.25. The Morgan fingerprint density at radius 1 is 1.52 bits per heavy atom. The van der Waals surface area contributed by atoms with Crippen LogP contribution in [0.2, 0.25) is 5.02 Å². The fourth-order valence-electron chi connectivity index (χ4n) is 3.17. The highest BCUT2D eigenvalue weighted by atomic mass is 35.5. The lowest BCUT2D eigenvalue weighted by Gasteiger charge is -2.15. The molecule has 9 heteroatoms. The zero-order valence-electron chi connectivity index (χ0n) is 14.2. The van der Waals surface area contributed by atoms with Gasteiger partial charge in [0.1, 0.15) is 0 Å². The molecule has 0 aromatic carbocycles. The van der Waals surface area contributed by atoms with Crippen LogP contribution in [0, 0.1) is 5.92 Å². The molecular weight excluding hydrogens is 346 g/mol. The Bertz CT molecular complexity index is 729. The minimum Gasteiger partial charge on any atom is -0.391 e. The molecule has 1 amide bonds. The topological polar surface area (TPSA) is 96.4 Å². The van der Waals surface area contributed by atoms with Gasteiger partial charge in [0.15, 0.2) is 11.5 Å². The van der Waals surface area contributed by atoms with E-state index in [0.29, 0.717) is 36.7 Å². The van der Waals surface area contributed by atoms with Crippen LogP contribution in [-0.4, -0.2) is 57.1 Å². The molecule has 2 heterocycles. The van der Waals surface area contributed by atoms with Crippen molar-refractivity contribution in [2.24, 2.45) is 5.92 Å². The van der Waals surface area contributed by atoms with Gasteiger partial charge in [-0.2, -0.15) is 5.10 Å². The van der Waals surface area contributed by atoms with Crippen LogP contribution in [0.3, 0.4) is 0 Å². The van der Waals surface area contributed by atoms with Gasteiger partial charge in [-0.05, 0) is 32.9 Å². The Kier molecular flexibility index (Phi) is 5.41. The van der Waals surface area contributed by atoms with Gasteiger partial charge in [-0.1, -0.05) is 16.8 Å². The predicted octanol–water partition coefficient (Wildman–Crippen LogP) is 1.16.